The third-order valence-corrected chi connectivity index (χ3v) is 3.00. The van der Waals surface area contributed by atoms with E-state index >= 15 is 0 Å². The van der Waals surface area contributed by atoms with Crippen LogP contribution in [0.15, 0.2) is 36.5 Å². The quantitative estimate of drug-likeness (QED) is 0.877. The third kappa shape index (κ3) is 3.54. The normalized spacial score (nSPS) is 12.2. The van der Waals surface area contributed by atoms with Crippen LogP contribution < -0.4 is 10.1 Å². The van der Waals surface area contributed by atoms with Crippen molar-refractivity contribution in [1.29, 1.82) is 0 Å². The van der Waals surface area contributed by atoms with Crippen LogP contribution in [-0.2, 0) is 0 Å². The molecule has 0 aliphatic carbocycles. The van der Waals surface area contributed by atoms with Gasteiger partial charge < -0.3 is 10.1 Å². The maximum Gasteiger partial charge on any atom is 0.125 e. The molecule has 0 saturated heterocycles. The number of hydrogen-bond donors (Lipinski definition) is 1. The molecule has 1 N–H and O–H groups in total. The first kappa shape index (κ1) is 14.5. The summed E-state index contributed by atoms with van der Waals surface area (Å²) in [5.74, 6) is 1.67. The Kier molecular flexibility index (Phi) is 5.07. The second-order valence-corrected chi connectivity index (χ2v) is 4.52. The highest BCUT2D eigenvalue weighted by molar-refractivity contribution is 5.34. The summed E-state index contributed by atoms with van der Waals surface area (Å²) in [6.07, 6.45) is 1.80. The Labute approximate surface area is 120 Å². The first-order valence-corrected chi connectivity index (χ1v) is 7.00. The molecule has 0 radical (unpaired) electrons. The van der Waals surface area contributed by atoms with Gasteiger partial charge in [0, 0.05) is 6.20 Å². The van der Waals surface area contributed by atoms with Crippen molar-refractivity contribution in [2.24, 2.45) is 0 Å². The highest BCUT2D eigenvalue weighted by atomic mass is 16.5. The van der Waals surface area contributed by atoms with Crippen molar-refractivity contribution in [2.45, 2.75) is 26.8 Å². The zero-order valence-corrected chi connectivity index (χ0v) is 12.3. The number of nitrogens with one attached hydrogen (secondary N) is 1. The van der Waals surface area contributed by atoms with Crippen LogP contribution in [0.3, 0.4) is 0 Å². The molecule has 1 heterocycles. The topological polar surface area (TPSA) is 47.0 Å². The molecule has 0 fully saturated rings. The molecular weight excluding hydrogens is 250 g/mol. The minimum atomic E-state index is 0.0575. The molecule has 1 aromatic heterocycles. The fraction of sp³-hybridized carbons (Fsp3) is 0.375. The molecule has 1 unspecified atom stereocenters. The van der Waals surface area contributed by atoms with Crippen molar-refractivity contribution in [1.82, 2.24) is 15.3 Å². The lowest BCUT2D eigenvalue weighted by Gasteiger charge is -2.19. The summed E-state index contributed by atoms with van der Waals surface area (Å²) in [5.41, 5.74) is 2.13. The zero-order valence-electron chi connectivity index (χ0n) is 12.3. The van der Waals surface area contributed by atoms with E-state index in [1.165, 1.54) is 0 Å². The standard InChI is InChI=1S/C16H21N3O/c1-4-17-16(15-9-10-18-12(3)19-15)13-7-6-8-14(11-13)20-5-2/h6-11,16-17H,4-5H2,1-3H3. The van der Waals surface area contributed by atoms with Crippen LogP contribution in [0.4, 0.5) is 0 Å². The van der Waals surface area contributed by atoms with Crippen LogP contribution in [0.5, 0.6) is 5.75 Å². The monoisotopic (exact) mass is 271 g/mol. The Morgan fingerprint density at radius 2 is 2.10 bits per heavy atom. The van der Waals surface area contributed by atoms with E-state index in [0.717, 1.165) is 29.4 Å². The minimum absolute atomic E-state index is 0.0575. The van der Waals surface area contributed by atoms with Crippen molar-refractivity contribution in [3.8, 4) is 5.75 Å². The van der Waals surface area contributed by atoms with Gasteiger partial charge in [0.2, 0.25) is 0 Å². The Morgan fingerprint density at radius 1 is 1.25 bits per heavy atom. The van der Waals surface area contributed by atoms with E-state index in [2.05, 4.69) is 34.3 Å². The van der Waals surface area contributed by atoms with Crippen LogP contribution in [-0.4, -0.2) is 23.1 Å². The van der Waals surface area contributed by atoms with Crippen molar-refractivity contribution >= 4 is 0 Å². The number of aryl methyl sites for hydroxylation is 1. The summed E-state index contributed by atoms with van der Waals surface area (Å²) in [7, 11) is 0. The molecule has 1 atom stereocenters. The van der Waals surface area contributed by atoms with Crippen molar-refractivity contribution in [3.63, 3.8) is 0 Å². The summed E-state index contributed by atoms with van der Waals surface area (Å²) in [5, 5.41) is 3.47. The first-order chi connectivity index (χ1) is 9.74. The predicted octanol–water partition coefficient (Wildman–Crippen LogP) is 2.88. The molecule has 4 heteroatoms. The van der Waals surface area contributed by atoms with Gasteiger partial charge >= 0.3 is 0 Å². The molecule has 0 saturated carbocycles. The summed E-state index contributed by atoms with van der Waals surface area (Å²) in [4.78, 5) is 8.69. The molecule has 1 aromatic carbocycles. The van der Waals surface area contributed by atoms with Gasteiger partial charge in [-0.15, -0.1) is 0 Å². The average Bonchev–Trinajstić information content (AvgIpc) is 2.45. The maximum atomic E-state index is 5.57. The zero-order chi connectivity index (χ0) is 14.4. The minimum Gasteiger partial charge on any atom is -0.494 e. The SMILES string of the molecule is CCNC(c1cccc(OCC)c1)c1ccnc(C)n1. The Balaban J connectivity index is 2.35. The Hall–Kier alpha value is -1.94. The maximum absolute atomic E-state index is 5.57. The van der Waals surface area contributed by atoms with Gasteiger partial charge in [0.05, 0.1) is 18.3 Å². The highest BCUT2D eigenvalue weighted by Gasteiger charge is 2.15. The fourth-order valence-electron chi connectivity index (χ4n) is 2.18. The van der Waals surface area contributed by atoms with Crippen LogP contribution >= 0.6 is 0 Å². The molecule has 0 bridgehead atoms. The van der Waals surface area contributed by atoms with Crippen LogP contribution in [0.25, 0.3) is 0 Å². The van der Waals surface area contributed by atoms with E-state index in [1.807, 2.05) is 32.0 Å². The number of rotatable bonds is 6. The van der Waals surface area contributed by atoms with E-state index in [9.17, 15) is 0 Å². The van der Waals surface area contributed by atoms with Gasteiger partial charge in [-0.2, -0.15) is 0 Å². The van der Waals surface area contributed by atoms with Gasteiger partial charge in [0.1, 0.15) is 11.6 Å². The first-order valence-electron chi connectivity index (χ1n) is 7.00. The number of ether oxygens (including phenoxy) is 1. The van der Waals surface area contributed by atoms with Crippen molar-refractivity contribution in [3.05, 3.63) is 53.6 Å². The molecular formula is C16H21N3O. The average molecular weight is 271 g/mol. The van der Waals surface area contributed by atoms with Crippen molar-refractivity contribution < 1.29 is 4.74 Å². The fourth-order valence-corrected chi connectivity index (χ4v) is 2.18. The molecule has 0 amide bonds. The summed E-state index contributed by atoms with van der Waals surface area (Å²) >= 11 is 0. The molecule has 0 spiro atoms. The molecule has 20 heavy (non-hydrogen) atoms. The second-order valence-electron chi connectivity index (χ2n) is 4.52. The highest BCUT2D eigenvalue weighted by Crippen LogP contribution is 2.24. The predicted molar refractivity (Wildman–Crippen MR) is 79.9 cm³/mol. The number of benzene rings is 1. The van der Waals surface area contributed by atoms with Gasteiger partial charge in [-0.05, 0) is 44.2 Å². The molecule has 0 aliphatic rings. The molecule has 2 rings (SSSR count). The smallest absolute Gasteiger partial charge is 0.125 e. The van der Waals surface area contributed by atoms with Crippen LogP contribution in [0.1, 0.15) is 37.0 Å². The van der Waals surface area contributed by atoms with Crippen LogP contribution in [0.2, 0.25) is 0 Å². The van der Waals surface area contributed by atoms with Gasteiger partial charge in [-0.1, -0.05) is 19.1 Å². The van der Waals surface area contributed by atoms with Gasteiger partial charge in [0.25, 0.3) is 0 Å². The van der Waals surface area contributed by atoms with Gasteiger partial charge in [-0.25, -0.2) is 9.97 Å². The molecule has 0 aliphatic heterocycles. The van der Waals surface area contributed by atoms with Gasteiger partial charge in [0.15, 0.2) is 0 Å². The van der Waals surface area contributed by atoms with Crippen LogP contribution in [0, 0.1) is 6.92 Å². The Bertz CT molecular complexity index is 557. The lowest BCUT2D eigenvalue weighted by atomic mass is 10.0. The lowest BCUT2D eigenvalue weighted by molar-refractivity contribution is 0.339. The summed E-state index contributed by atoms with van der Waals surface area (Å²) in [6.45, 7) is 7.52. The Morgan fingerprint density at radius 3 is 2.80 bits per heavy atom. The van der Waals surface area contributed by atoms with E-state index in [-0.39, 0.29) is 6.04 Å². The molecule has 106 valence electrons. The van der Waals surface area contributed by atoms with E-state index < -0.39 is 0 Å². The summed E-state index contributed by atoms with van der Waals surface area (Å²) < 4.78 is 5.57. The van der Waals surface area contributed by atoms with E-state index in [4.69, 9.17) is 4.74 Å². The largest absolute Gasteiger partial charge is 0.494 e. The second kappa shape index (κ2) is 7.01. The number of aromatic nitrogens is 2. The van der Waals surface area contributed by atoms with E-state index in [0.29, 0.717) is 6.61 Å². The van der Waals surface area contributed by atoms with E-state index in [1.54, 1.807) is 6.20 Å². The lowest BCUT2D eigenvalue weighted by Crippen LogP contribution is -2.23. The summed E-state index contributed by atoms with van der Waals surface area (Å²) in [6, 6.07) is 10.1. The molecule has 2 aromatic rings. The third-order valence-electron chi connectivity index (χ3n) is 3.00. The number of hydrogen-bond acceptors (Lipinski definition) is 4. The van der Waals surface area contributed by atoms with Gasteiger partial charge in [-0.3, -0.25) is 0 Å². The number of nitrogens with zero attached hydrogens (tertiary/aromatic N) is 2. The molecule has 4 nitrogen and oxygen atoms in total. The van der Waals surface area contributed by atoms with Crippen molar-refractivity contribution in [2.75, 3.05) is 13.2 Å².